The predicted octanol–water partition coefficient (Wildman–Crippen LogP) is 1.51. The van der Waals surface area contributed by atoms with Gasteiger partial charge < -0.3 is 10.2 Å². The van der Waals surface area contributed by atoms with Crippen molar-refractivity contribution in [3.8, 4) is 0 Å². The van der Waals surface area contributed by atoms with Crippen LogP contribution >= 0.6 is 0 Å². The first-order valence-corrected chi connectivity index (χ1v) is 10.1. The van der Waals surface area contributed by atoms with Crippen molar-refractivity contribution in [1.82, 2.24) is 10.2 Å². The lowest BCUT2D eigenvalue weighted by molar-refractivity contribution is 0.265. The molecule has 2 rings (SSSR count). The Morgan fingerprint density at radius 1 is 1.38 bits per heavy atom. The van der Waals surface area contributed by atoms with Gasteiger partial charge in [-0.05, 0) is 37.5 Å². The molecule has 0 radical (unpaired) electrons. The van der Waals surface area contributed by atoms with Crippen LogP contribution in [0.3, 0.4) is 0 Å². The molecule has 2 saturated heterocycles. The molecule has 2 aliphatic rings. The number of guanidine groups is 1. The Hall–Kier alpha value is -0.780. The van der Waals surface area contributed by atoms with Crippen LogP contribution in [0, 0.1) is 11.8 Å². The summed E-state index contributed by atoms with van der Waals surface area (Å²) in [6, 6.07) is 0. The minimum atomic E-state index is -2.80. The summed E-state index contributed by atoms with van der Waals surface area (Å²) in [4.78, 5) is 7.07. The highest BCUT2D eigenvalue weighted by Gasteiger charge is 2.28. The molecule has 21 heavy (non-hydrogen) atoms. The monoisotopic (exact) mass is 315 g/mol. The highest BCUT2D eigenvalue weighted by Crippen LogP contribution is 2.19. The van der Waals surface area contributed by atoms with Crippen molar-refractivity contribution in [2.24, 2.45) is 16.8 Å². The lowest BCUT2D eigenvalue weighted by Gasteiger charge is -2.33. The van der Waals surface area contributed by atoms with Crippen molar-refractivity contribution in [2.45, 2.75) is 39.5 Å². The van der Waals surface area contributed by atoms with E-state index in [9.17, 15) is 8.42 Å². The molecule has 6 heteroatoms. The Bertz CT molecular complexity index is 462. The van der Waals surface area contributed by atoms with Crippen LogP contribution in [0.1, 0.15) is 39.5 Å². The van der Waals surface area contributed by atoms with Gasteiger partial charge >= 0.3 is 0 Å². The Morgan fingerprint density at radius 3 is 2.81 bits per heavy atom. The summed E-state index contributed by atoms with van der Waals surface area (Å²) in [7, 11) is -2.80. The zero-order valence-corrected chi connectivity index (χ0v) is 14.2. The minimum absolute atomic E-state index is 0.204. The Labute approximate surface area is 129 Å². The molecule has 0 aliphatic carbocycles. The van der Waals surface area contributed by atoms with Gasteiger partial charge in [-0.2, -0.15) is 0 Å². The fourth-order valence-electron chi connectivity index (χ4n) is 3.12. The molecule has 122 valence electrons. The standard InChI is InChI=1S/C15H29N3O2S/c1-3-7-16-15(18-8-4-5-13(2)11-18)17-10-14-6-9-21(19,20)12-14/h13-14H,3-12H2,1-2H3,(H,16,17). The van der Waals surface area contributed by atoms with Gasteiger partial charge in [-0.1, -0.05) is 13.8 Å². The predicted molar refractivity (Wildman–Crippen MR) is 87.3 cm³/mol. The molecule has 0 aromatic rings. The number of rotatable bonds is 4. The van der Waals surface area contributed by atoms with Gasteiger partial charge in [-0.25, -0.2) is 8.42 Å². The van der Waals surface area contributed by atoms with E-state index >= 15 is 0 Å². The van der Waals surface area contributed by atoms with Gasteiger partial charge in [0.25, 0.3) is 0 Å². The normalized spacial score (nSPS) is 29.6. The lowest BCUT2D eigenvalue weighted by atomic mass is 10.0. The molecule has 0 bridgehead atoms. The maximum absolute atomic E-state index is 11.5. The molecule has 0 aromatic heterocycles. The van der Waals surface area contributed by atoms with Gasteiger partial charge in [-0.3, -0.25) is 4.99 Å². The molecular formula is C15H29N3O2S. The molecule has 0 amide bonds. The van der Waals surface area contributed by atoms with Crippen LogP contribution in [0.15, 0.2) is 4.99 Å². The quantitative estimate of drug-likeness (QED) is 0.631. The third-order valence-electron chi connectivity index (χ3n) is 4.32. The molecule has 0 spiro atoms. The van der Waals surface area contributed by atoms with Crippen molar-refractivity contribution in [3.63, 3.8) is 0 Å². The van der Waals surface area contributed by atoms with E-state index < -0.39 is 9.84 Å². The molecular weight excluding hydrogens is 286 g/mol. The SMILES string of the molecule is CCCNC(=NCC1CCS(=O)(=O)C1)N1CCCC(C)C1. The summed E-state index contributed by atoms with van der Waals surface area (Å²) in [5, 5.41) is 3.43. The second-order valence-corrected chi connectivity index (χ2v) is 8.78. The number of sulfone groups is 1. The molecule has 2 atom stereocenters. The first-order chi connectivity index (χ1) is 10.00. The third-order valence-corrected chi connectivity index (χ3v) is 6.15. The molecule has 5 nitrogen and oxygen atoms in total. The lowest BCUT2D eigenvalue weighted by Crippen LogP contribution is -2.46. The van der Waals surface area contributed by atoms with E-state index in [0.717, 1.165) is 38.4 Å². The highest BCUT2D eigenvalue weighted by molar-refractivity contribution is 7.91. The van der Waals surface area contributed by atoms with Gasteiger partial charge in [0.05, 0.1) is 11.5 Å². The molecule has 0 saturated carbocycles. The summed E-state index contributed by atoms with van der Waals surface area (Å²) < 4.78 is 23.1. The van der Waals surface area contributed by atoms with Gasteiger partial charge in [0.1, 0.15) is 0 Å². The maximum Gasteiger partial charge on any atom is 0.193 e. The van der Waals surface area contributed by atoms with E-state index in [1.807, 2.05) is 0 Å². The van der Waals surface area contributed by atoms with E-state index in [1.54, 1.807) is 0 Å². The number of nitrogens with one attached hydrogen (secondary N) is 1. The van der Waals surface area contributed by atoms with E-state index in [4.69, 9.17) is 4.99 Å². The molecule has 2 fully saturated rings. The number of hydrogen-bond donors (Lipinski definition) is 1. The summed E-state index contributed by atoms with van der Waals surface area (Å²) in [5.41, 5.74) is 0. The van der Waals surface area contributed by atoms with Crippen LogP contribution in [0.25, 0.3) is 0 Å². The second-order valence-electron chi connectivity index (χ2n) is 6.55. The summed E-state index contributed by atoms with van der Waals surface area (Å²) >= 11 is 0. The molecule has 1 N–H and O–H groups in total. The smallest absolute Gasteiger partial charge is 0.193 e. The number of nitrogens with zero attached hydrogens (tertiary/aromatic N) is 2. The van der Waals surface area contributed by atoms with Crippen LogP contribution in [0.2, 0.25) is 0 Å². The van der Waals surface area contributed by atoms with Crippen LogP contribution in [0.4, 0.5) is 0 Å². The average Bonchev–Trinajstić information content (AvgIpc) is 2.78. The maximum atomic E-state index is 11.5. The fraction of sp³-hybridized carbons (Fsp3) is 0.933. The number of hydrogen-bond acceptors (Lipinski definition) is 3. The molecule has 0 aromatic carbocycles. The number of piperidine rings is 1. The van der Waals surface area contributed by atoms with Crippen molar-refractivity contribution >= 4 is 15.8 Å². The van der Waals surface area contributed by atoms with Crippen molar-refractivity contribution in [3.05, 3.63) is 0 Å². The number of aliphatic imine (C=N–C) groups is 1. The largest absolute Gasteiger partial charge is 0.356 e. The van der Waals surface area contributed by atoms with Gasteiger partial charge in [0.15, 0.2) is 15.8 Å². The third kappa shape index (κ3) is 5.16. The highest BCUT2D eigenvalue weighted by atomic mass is 32.2. The first-order valence-electron chi connectivity index (χ1n) is 8.24. The van der Waals surface area contributed by atoms with E-state index in [1.165, 1.54) is 12.8 Å². The fourth-order valence-corrected chi connectivity index (χ4v) is 4.97. The molecule has 2 heterocycles. The van der Waals surface area contributed by atoms with E-state index in [0.29, 0.717) is 24.0 Å². The zero-order valence-electron chi connectivity index (χ0n) is 13.3. The number of likely N-dealkylation sites (tertiary alicyclic amines) is 1. The Morgan fingerprint density at radius 2 is 2.19 bits per heavy atom. The van der Waals surface area contributed by atoms with Gasteiger partial charge in [-0.15, -0.1) is 0 Å². The van der Waals surface area contributed by atoms with Crippen molar-refractivity contribution < 1.29 is 8.42 Å². The molecule has 2 aliphatic heterocycles. The van der Waals surface area contributed by atoms with Crippen molar-refractivity contribution in [2.75, 3.05) is 37.7 Å². The first kappa shape index (κ1) is 16.6. The van der Waals surface area contributed by atoms with Crippen LogP contribution < -0.4 is 5.32 Å². The summed E-state index contributed by atoms with van der Waals surface area (Å²) in [6.07, 6.45) is 4.34. The van der Waals surface area contributed by atoms with Crippen LogP contribution in [-0.4, -0.2) is 57.0 Å². The summed E-state index contributed by atoms with van der Waals surface area (Å²) in [6.45, 7) is 8.10. The van der Waals surface area contributed by atoms with Gasteiger partial charge in [0.2, 0.25) is 0 Å². The average molecular weight is 315 g/mol. The van der Waals surface area contributed by atoms with E-state index in [-0.39, 0.29) is 5.92 Å². The Balaban J connectivity index is 1.96. The summed E-state index contributed by atoms with van der Waals surface area (Å²) in [5.74, 6) is 2.54. The zero-order chi connectivity index (χ0) is 15.3. The van der Waals surface area contributed by atoms with Crippen LogP contribution in [-0.2, 0) is 9.84 Å². The van der Waals surface area contributed by atoms with Crippen molar-refractivity contribution in [1.29, 1.82) is 0 Å². The Kier molecular flexibility index (Phi) is 5.90. The van der Waals surface area contributed by atoms with Gasteiger partial charge in [0, 0.05) is 26.2 Å². The van der Waals surface area contributed by atoms with Crippen LogP contribution in [0.5, 0.6) is 0 Å². The minimum Gasteiger partial charge on any atom is -0.356 e. The molecule has 2 unspecified atom stereocenters. The van der Waals surface area contributed by atoms with E-state index in [2.05, 4.69) is 24.1 Å². The topological polar surface area (TPSA) is 61.8 Å². The second kappa shape index (κ2) is 7.47.